The summed E-state index contributed by atoms with van der Waals surface area (Å²) in [7, 11) is 0. The van der Waals surface area contributed by atoms with Crippen LogP contribution in [-0.4, -0.2) is 11.0 Å². The summed E-state index contributed by atoms with van der Waals surface area (Å²) in [4.78, 5) is 4.33. The molecule has 1 aromatic heterocycles. The van der Waals surface area contributed by atoms with E-state index in [4.69, 9.17) is 11.5 Å². The number of nitrogens with zero attached hydrogens (tertiary/aromatic N) is 6. The van der Waals surface area contributed by atoms with Crippen molar-refractivity contribution in [2.45, 2.75) is 12.5 Å². The van der Waals surface area contributed by atoms with Gasteiger partial charge in [-0.25, -0.2) is 4.98 Å². The molecular formula is C20H11N9. The lowest BCUT2D eigenvalue weighted by molar-refractivity contribution is 0.691. The topological polar surface area (TPSA) is 196 Å². The van der Waals surface area contributed by atoms with E-state index in [0.717, 1.165) is 0 Å². The van der Waals surface area contributed by atoms with Gasteiger partial charge in [-0.2, -0.15) is 26.3 Å². The van der Waals surface area contributed by atoms with Crippen LogP contribution in [0.15, 0.2) is 40.9 Å². The zero-order chi connectivity index (χ0) is 21.1. The molecule has 0 radical (unpaired) electrons. The Kier molecular flexibility index (Phi) is 4.71. The Morgan fingerprint density at radius 2 is 1.86 bits per heavy atom. The van der Waals surface area contributed by atoms with Crippen LogP contribution in [0, 0.1) is 56.7 Å². The summed E-state index contributed by atoms with van der Waals surface area (Å²) >= 11 is 0. The summed E-state index contributed by atoms with van der Waals surface area (Å²) < 4.78 is 0. The van der Waals surface area contributed by atoms with Crippen molar-refractivity contribution >= 4 is 11.1 Å². The number of allylic oxidation sites excluding steroid dienone is 5. The Labute approximate surface area is 166 Å². The van der Waals surface area contributed by atoms with Crippen molar-refractivity contribution in [3.05, 3.63) is 63.4 Å². The lowest BCUT2D eigenvalue weighted by Crippen LogP contribution is -2.36. The highest BCUT2D eigenvalue weighted by Crippen LogP contribution is 2.41. The molecule has 0 amide bonds. The fourth-order valence-corrected chi connectivity index (χ4v) is 3.20. The van der Waals surface area contributed by atoms with Crippen LogP contribution in [0.2, 0.25) is 0 Å². The van der Waals surface area contributed by atoms with E-state index in [9.17, 15) is 26.3 Å². The van der Waals surface area contributed by atoms with Gasteiger partial charge in [-0.1, -0.05) is 0 Å². The number of nitrogens with one attached hydrogen (secondary N) is 1. The molecule has 0 saturated carbocycles. The minimum absolute atomic E-state index is 0.0471. The van der Waals surface area contributed by atoms with Crippen molar-refractivity contribution < 1.29 is 0 Å². The largest absolute Gasteiger partial charge is 0.385 e. The third-order valence-electron chi connectivity index (χ3n) is 4.54. The molecule has 0 fully saturated rings. The smallest absolute Gasteiger partial charge is 0.158 e. The molecule has 1 aromatic rings. The van der Waals surface area contributed by atoms with Crippen LogP contribution in [-0.2, 0) is 0 Å². The summed E-state index contributed by atoms with van der Waals surface area (Å²) in [5, 5.41) is 49.6. The van der Waals surface area contributed by atoms with Crippen molar-refractivity contribution in [3.63, 3.8) is 0 Å². The molecule has 0 bridgehead atoms. The summed E-state index contributed by atoms with van der Waals surface area (Å²) in [6.07, 6.45) is 3.37. The first-order chi connectivity index (χ1) is 14.0. The van der Waals surface area contributed by atoms with Gasteiger partial charge in [0, 0.05) is 11.1 Å². The summed E-state index contributed by atoms with van der Waals surface area (Å²) in [5.74, 6) is -0.161. The molecule has 1 atom stereocenters. The highest BCUT2D eigenvalue weighted by Gasteiger charge is 2.33. The zero-order valence-corrected chi connectivity index (χ0v) is 14.9. The molecule has 1 aliphatic carbocycles. The second kappa shape index (κ2) is 7.29. The minimum atomic E-state index is -0.425. The molecule has 0 spiro atoms. The van der Waals surface area contributed by atoms with Crippen LogP contribution < -0.4 is 16.8 Å². The fourth-order valence-electron chi connectivity index (χ4n) is 3.20. The molecule has 5 N–H and O–H groups in total. The summed E-state index contributed by atoms with van der Waals surface area (Å²) in [6, 6.07) is 10.7. The lowest BCUT2D eigenvalue weighted by atomic mass is 9.79. The fraction of sp³-hybridized carbons (Fsp3) is 0.100. The maximum atomic E-state index is 9.36. The highest BCUT2D eigenvalue weighted by atomic mass is 15.0. The third kappa shape index (κ3) is 3.11. The monoisotopic (exact) mass is 377 g/mol. The van der Waals surface area contributed by atoms with Crippen LogP contribution in [0.4, 0.5) is 0 Å². The molecule has 1 unspecified atom stereocenters. The number of dihydropyridines is 1. The van der Waals surface area contributed by atoms with Gasteiger partial charge in [0.25, 0.3) is 0 Å². The molecule has 29 heavy (non-hydrogen) atoms. The molecule has 136 valence electrons. The van der Waals surface area contributed by atoms with Crippen LogP contribution in [0.25, 0.3) is 11.1 Å². The van der Waals surface area contributed by atoms with Crippen molar-refractivity contribution in [1.29, 1.82) is 26.3 Å². The third-order valence-corrected chi connectivity index (χ3v) is 4.54. The van der Waals surface area contributed by atoms with Gasteiger partial charge >= 0.3 is 0 Å². The van der Waals surface area contributed by atoms with E-state index in [-0.39, 0.29) is 33.9 Å². The van der Waals surface area contributed by atoms with Crippen LogP contribution >= 0.6 is 0 Å². The Morgan fingerprint density at radius 1 is 1.10 bits per heavy atom. The van der Waals surface area contributed by atoms with E-state index in [1.165, 1.54) is 12.1 Å². The quantitative estimate of drug-likeness (QED) is 0.596. The molecule has 9 nitrogen and oxygen atoms in total. The Balaban J connectivity index is 2.35. The Morgan fingerprint density at radius 3 is 2.41 bits per heavy atom. The van der Waals surface area contributed by atoms with Crippen molar-refractivity contribution in [2.75, 3.05) is 0 Å². The lowest BCUT2D eigenvalue weighted by Gasteiger charge is -2.33. The predicted octanol–water partition coefficient (Wildman–Crippen LogP) is 0.921. The molecular weight excluding hydrogens is 366 g/mol. The standard InChI is InChI=1S/C20H11N9/c21-5-11-2-14-10(1-13(7-23)20(26)27)4-16-15(19(14)29-18(11)9-25)3-12(6-22)17(8-24)28-16/h1-3,16,28H,4,26-27H2/b10-1+. The normalized spacial score (nSPS) is 17.7. The first kappa shape index (κ1) is 18.7. The van der Waals surface area contributed by atoms with Gasteiger partial charge in [-0.3, -0.25) is 0 Å². The van der Waals surface area contributed by atoms with Crippen molar-refractivity contribution in [1.82, 2.24) is 10.3 Å². The van der Waals surface area contributed by atoms with Gasteiger partial charge < -0.3 is 16.8 Å². The van der Waals surface area contributed by atoms with Crippen LogP contribution in [0.3, 0.4) is 0 Å². The molecule has 2 aliphatic rings. The number of nitriles is 5. The van der Waals surface area contributed by atoms with Crippen molar-refractivity contribution in [3.8, 4) is 30.3 Å². The van der Waals surface area contributed by atoms with E-state index in [1.54, 1.807) is 6.08 Å². The minimum Gasteiger partial charge on any atom is -0.385 e. The van der Waals surface area contributed by atoms with Gasteiger partial charge in [-0.15, -0.1) is 0 Å². The predicted molar refractivity (Wildman–Crippen MR) is 100 cm³/mol. The number of rotatable bonds is 1. The van der Waals surface area contributed by atoms with Crippen LogP contribution in [0.1, 0.15) is 28.9 Å². The average Bonchev–Trinajstić information content (AvgIpc) is 2.74. The molecule has 2 heterocycles. The summed E-state index contributed by atoms with van der Waals surface area (Å²) in [5.41, 5.74) is 13.6. The molecule has 3 rings (SSSR count). The van der Waals surface area contributed by atoms with E-state index in [0.29, 0.717) is 28.8 Å². The second-order valence-corrected chi connectivity index (χ2v) is 6.17. The second-order valence-electron chi connectivity index (χ2n) is 6.17. The number of hydrogen-bond donors (Lipinski definition) is 3. The van der Waals surface area contributed by atoms with Crippen LogP contribution in [0.5, 0.6) is 0 Å². The SMILES string of the molecule is N#CC1=C(C#N)NC2C/C(=C\C(C#N)=C(N)N)c3cc(C#N)c(C#N)nc3C2=C1. The number of pyridine rings is 1. The van der Waals surface area contributed by atoms with E-state index >= 15 is 0 Å². The average molecular weight is 377 g/mol. The zero-order valence-electron chi connectivity index (χ0n) is 14.9. The van der Waals surface area contributed by atoms with Gasteiger partial charge in [0.15, 0.2) is 5.69 Å². The van der Waals surface area contributed by atoms with Gasteiger partial charge in [-0.05, 0) is 30.2 Å². The van der Waals surface area contributed by atoms with Gasteiger partial charge in [0.1, 0.15) is 41.9 Å². The number of hydrogen-bond acceptors (Lipinski definition) is 9. The highest BCUT2D eigenvalue weighted by molar-refractivity contribution is 5.89. The first-order valence-corrected chi connectivity index (χ1v) is 8.21. The molecule has 1 aliphatic heterocycles. The molecule has 9 heteroatoms. The molecule has 0 aromatic carbocycles. The number of nitrogens with two attached hydrogens (primary N) is 2. The van der Waals surface area contributed by atoms with Gasteiger partial charge in [0.2, 0.25) is 0 Å². The maximum absolute atomic E-state index is 9.36. The van der Waals surface area contributed by atoms with E-state index < -0.39 is 6.04 Å². The Hall–Kier alpha value is -5.04. The first-order valence-electron chi connectivity index (χ1n) is 8.21. The summed E-state index contributed by atoms with van der Waals surface area (Å²) in [6.45, 7) is 0. The number of aromatic nitrogens is 1. The van der Waals surface area contributed by atoms with Gasteiger partial charge in [0.05, 0.1) is 28.4 Å². The molecule has 0 saturated heterocycles. The van der Waals surface area contributed by atoms with E-state index in [2.05, 4.69) is 10.3 Å². The number of fused-ring (bicyclic) bond motifs is 3. The van der Waals surface area contributed by atoms with Crippen molar-refractivity contribution in [2.24, 2.45) is 11.5 Å². The Bertz CT molecular complexity index is 1270. The van der Waals surface area contributed by atoms with E-state index in [1.807, 2.05) is 30.3 Å². The maximum Gasteiger partial charge on any atom is 0.158 e.